The maximum atomic E-state index is 10.7. The van der Waals surface area contributed by atoms with Crippen LogP contribution in [0.3, 0.4) is 0 Å². The molecule has 3 rings (SSSR count). The van der Waals surface area contributed by atoms with E-state index < -0.39 is 0 Å². The average Bonchev–Trinajstić information content (AvgIpc) is 2.62. The molecule has 0 saturated carbocycles. The van der Waals surface area contributed by atoms with Crippen LogP contribution in [0.4, 0.5) is 11.5 Å². The summed E-state index contributed by atoms with van der Waals surface area (Å²) < 4.78 is 10.8. The van der Waals surface area contributed by atoms with Gasteiger partial charge in [0, 0.05) is 13.1 Å². The van der Waals surface area contributed by atoms with E-state index in [1.165, 1.54) is 0 Å². The summed E-state index contributed by atoms with van der Waals surface area (Å²) in [7, 11) is 1.58. The number of nitrogens with zero attached hydrogens (tertiary/aromatic N) is 3. The molecule has 0 atom stereocenters. The van der Waals surface area contributed by atoms with Crippen molar-refractivity contribution >= 4 is 17.6 Å². The van der Waals surface area contributed by atoms with Gasteiger partial charge in [0.1, 0.15) is 11.6 Å². The smallest absolute Gasteiger partial charge is 0.240 e. The van der Waals surface area contributed by atoms with Crippen LogP contribution in [-0.4, -0.2) is 44.5 Å². The highest BCUT2D eigenvalue weighted by Crippen LogP contribution is 2.37. The standard InChI is InChI=1S/C17H17N3O3/c1-22-15-6-2-4-13(18-12-21)17(15)14-5-3-7-16(19-14)20-8-10-23-11-9-20/h2-7H,8-11H2,1H3. The molecule has 1 aliphatic rings. The number of aromatic nitrogens is 1. The van der Waals surface area contributed by atoms with Gasteiger partial charge in [0.05, 0.1) is 37.3 Å². The van der Waals surface area contributed by atoms with Gasteiger partial charge in [0.15, 0.2) is 0 Å². The summed E-state index contributed by atoms with van der Waals surface area (Å²) >= 11 is 0. The van der Waals surface area contributed by atoms with Crippen LogP contribution in [0.15, 0.2) is 41.4 Å². The third-order valence-corrected chi connectivity index (χ3v) is 3.72. The van der Waals surface area contributed by atoms with Gasteiger partial charge in [0.25, 0.3) is 0 Å². The molecule has 1 aliphatic heterocycles. The van der Waals surface area contributed by atoms with Crippen LogP contribution < -0.4 is 9.64 Å². The molecule has 1 fully saturated rings. The normalized spacial score (nSPS) is 14.2. The van der Waals surface area contributed by atoms with Crippen molar-refractivity contribution in [2.24, 2.45) is 4.99 Å². The average molecular weight is 311 g/mol. The van der Waals surface area contributed by atoms with Crippen molar-refractivity contribution in [2.75, 3.05) is 38.3 Å². The fourth-order valence-corrected chi connectivity index (χ4v) is 2.62. The zero-order valence-corrected chi connectivity index (χ0v) is 12.9. The second kappa shape index (κ2) is 7.05. The summed E-state index contributed by atoms with van der Waals surface area (Å²) in [5.41, 5.74) is 1.89. The predicted molar refractivity (Wildman–Crippen MR) is 87.0 cm³/mol. The molecule has 2 heterocycles. The van der Waals surface area contributed by atoms with Gasteiger partial charge in [-0.2, -0.15) is 4.99 Å². The van der Waals surface area contributed by atoms with Crippen LogP contribution in [0.1, 0.15) is 0 Å². The van der Waals surface area contributed by atoms with Gasteiger partial charge in [-0.25, -0.2) is 9.78 Å². The molecule has 2 aromatic rings. The molecule has 1 aromatic carbocycles. The Morgan fingerprint density at radius 3 is 2.74 bits per heavy atom. The molecule has 23 heavy (non-hydrogen) atoms. The minimum atomic E-state index is 0.492. The van der Waals surface area contributed by atoms with E-state index in [-0.39, 0.29) is 0 Å². The lowest BCUT2D eigenvalue weighted by Gasteiger charge is -2.28. The number of anilines is 1. The highest BCUT2D eigenvalue weighted by molar-refractivity contribution is 5.81. The highest BCUT2D eigenvalue weighted by Gasteiger charge is 2.16. The number of hydrogen-bond acceptors (Lipinski definition) is 6. The number of hydrogen-bond donors (Lipinski definition) is 0. The summed E-state index contributed by atoms with van der Waals surface area (Å²) in [4.78, 5) is 21.4. The number of benzene rings is 1. The van der Waals surface area contributed by atoms with Crippen LogP contribution in [0.5, 0.6) is 5.75 Å². The van der Waals surface area contributed by atoms with Crippen LogP contribution in [0.2, 0.25) is 0 Å². The molecule has 1 aromatic heterocycles. The number of rotatable bonds is 4. The van der Waals surface area contributed by atoms with Crippen molar-refractivity contribution in [2.45, 2.75) is 0 Å². The Balaban J connectivity index is 2.06. The number of ether oxygens (including phenoxy) is 2. The van der Waals surface area contributed by atoms with Crippen LogP contribution >= 0.6 is 0 Å². The second-order valence-corrected chi connectivity index (χ2v) is 5.04. The molecule has 1 saturated heterocycles. The molecule has 0 radical (unpaired) electrons. The zero-order valence-electron chi connectivity index (χ0n) is 12.9. The maximum absolute atomic E-state index is 10.7. The van der Waals surface area contributed by atoms with Gasteiger partial charge >= 0.3 is 0 Å². The molecule has 0 amide bonds. The van der Waals surface area contributed by atoms with Crippen molar-refractivity contribution < 1.29 is 14.3 Å². The molecule has 0 N–H and O–H groups in total. The number of methoxy groups -OCH3 is 1. The largest absolute Gasteiger partial charge is 0.496 e. The Kier molecular flexibility index (Phi) is 4.66. The molecule has 118 valence electrons. The Bertz CT molecular complexity index is 736. The second-order valence-electron chi connectivity index (χ2n) is 5.04. The number of aliphatic imine (C=N–C) groups is 1. The number of morpholine rings is 1. The zero-order chi connectivity index (χ0) is 16.1. The number of isocyanates is 1. The van der Waals surface area contributed by atoms with Crippen molar-refractivity contribution in [3.8, 4) is 17.0 Å². The van der Waals surface area contributed by atoms with Gasteiger partial charge < -0.3 is 14.4 Å². The Labute approximate surface area is 134 Å². The first kappa shape index (κ1) is 15.2. The number of pyridine rings is 1. The topological polar surface area (TPSA) is 64.0 Å². The van der Waals surface area contributed by atoms with E-state index in [0.717, 1.165) is 18.9 Å². The van der Waals surface area contributed by atoms with Gasteiger partial charge in [-0.05, 0) is 24.3 Å². The summed E-state index contributed by atoms with van der Waals surface area (Å²) in [5, 5.41) is 0. The Morgan fingerprint density at radius 2 is 2.00 bits per heavy atom. The lowest BCUT2D eigenvalue weighted by Crippen LogP contribution is -2.36. The number of carbonyl (C=O) groups excluding carboxylic acids is 1. The molecular formula is C17H17N3O3. The van der Waals surface area contributed by atoms with Gasteiger partial charge in [-0.15, -0.1) is 0 Å². The third-order valence-electron chi connectivity index (χ3n) is 3.72. The first-order chi connectivity index (χ1) is 11.3. The van der Waals surface area contributed by atoms with Crippen LogP contribution in [0.25, 0.3) is 11.3 Å². The van der Waals surface area contributed by atoms with E-state index in [2.05, 4.69) is 9.89 Å². The van der Waals surface area contributed by atoms with Crippen molar-refractivity contribution in [1.82, 2.24) is 4.98 Å². The lowest BCUT2D eigenvalue weighted by molar-refractivity contribution is 0.122. The molecule has 0 spiro atoms. The summed E-state index contributed by atoms with van der Waals surface area (Å²) in [6.45, 7) is 3.01. The Morgan fingerprint density at radius 1 is 1.22 bits per heavy atom. The van der Waals surface area contributed by atoms with Crippen molar-refractivity contribution in [1.29, 1.82) is 0 Å². The summed E-state index contributed by atoms with van der Waals surface area (Å²) in [6.07, 6.45) is 1.59. The van der Waals surface area contributed by atoms with Crippen LogP contribution in [-0.2, 0) is 9.53 Å². The van der Waals surface area contributed by atoms with E-state index in [9.17, 15) is 4.79 Å². The lowest BCUT2D eigenvalue weighted by atomic mass is 10.1. The molecule has 6 heteroatoms. The highest BCUT2D eigenvalue weighted by atomic mass is 16.5. The minimum absolute atomic E-state index is 0.492. The van der Waals surface area contributed by atoms with E-state index in [0.29, 0.717) is 35.9 Å². The fourth-order valence-electron chi connectivity index (χ4n) is 2.62. The fraction of sp³-hybridized carbons (Fsp3) is 0.294. The third kappa shape index (κ3) is 3.23. The van der Waals surface area contributed by atoms with E-state index >= 15 is 0 Å². The summed E-state index contributed by atoms with van der Waals surface area (Å²) in [5.74, 6) is 1.49. The van der Waals surface area contributed by atoms with Crippen molar-refractivity contribution in [3.05, 3.63) is 36.4 Å². The van der Waals surface area contributed by atoms with E-state index in [1.807, 2.05) is 24.3 Å². The van der Waals surface area contributed by atoms with Crippen molar-refractivity contribution in [3.63, 3.8) is 0 Å². The predicted octanol–water partition coefficient (Wildman–Crippen LogP) is 2.56. The Hall–Kier alpha value is -2.69. The first-order valence-electron chi connectivity index (χ1n) is 7.38. The van der Waals surface area contributed by atoms with Gasteiger partial charge in [-0.1, -0.05) is 12.1 Å². The van der Waals surface area contributed by atoms with Gasteiger partial charge in [-0.3, -0.25) is 0 Å². The van der Waals surface area contributed by atoms with E-state index in [1.54, 1.807) is 25.3 Å². The molecule has 0 bridgehead atoms. The molecular weight excluding hydrogens is 294 g/mol. The monoisotopic (exact) mass is 311 g/mol. The molecule has 0 unspecified atom stereocenters. The van der Waals surface area contributed by atoms with E-state index in [4.69, 9.17) is 14.5 Å². The molecule has 6 nitrogen and oxygen atoms in total. The SMILES string of the molecule is COc1cccc(N=C=O)c1-c1cccc(N2CCOCC2)n1. The van der Waals surface area contributed by atoms with Crippen LogP contribution in [0, 0.1) is 0 Å². The molecule has 0 aliphatic carbocycles. The first-order valence-corrected chi connectivity index (χ1v) is 7.38. The quantitative estimate of drug-likeness (QED) is 0.641. The maximum Gasteiger partial charge on any atom is 0.240 e. The minimum Gasteiger partial charge on any atom is -0.496 e. The summed E-state index contributed by atoms with van der Waals surface area (Å²) in [6, 6.07) is 11.1. The van der Waals surface area contributed by atoms with Gasteiger partial charge in [0.2, 0.25) is 6.08 Å².